The van der Waals surface area contributed by atoms with Gasteiger partial charge in [-0.2, -0.15) is 5.10 Å². The Bertz CT molecular complexity index is 1380. The van der Waals surface area contributed by atoms with E-state index in [9.17, 15) is 18.4 Å². The van der Waals surface area contributed by atoms with Gasteiger partial charge in [0.1, 0.15) is 17.3 Å². The second-order valence-electron chi connectivity index (χ2n) is 8.02. The molecule has 0 aliphatic heterocycles. The average Bonchev–Trinajstić information content (AvgIpc) is 3.24. The number of methoxy groups -OCH3 is 1. The second-order valence-corrected chi connectivity index (χ2v) is 8.02. The van der Waals surface area contributed by atoms with Crippen LogP contribution in [0.2, 0.25) is 0 Å². The van der Waals surface area contributed by atoms with Gasteiger partial charge in [-0.15, -0.1) is 0 Å². The Balaban J connectivity index is 1.45. The standard InChI is InChI=1S/C26H24F2N4O3/c1-35-17-24-22(26(34)29-13-20-12-21(27)9-10-23(20)28)16-32(30-24)15-19-7-5-18(6-8-19)14-31-11-3-2-4-25(31)33/h2-12,16H,13-15,17H2,1H3,(H,29,34). The molecule has 35 heavy (non-hydrogen) atoms. The Hall–Kier alpha value is -4.11. The SMILES string of the molecule is COCc1nn(Cc2ccc(Cn3ccccc3=O)cc2)cc1C(=O)NCc1cc(F)ccc1F. The third kappa shape index (κ3) is 6.07. The Kier molecular flexibility index (Phi) is 7.47. The molecule has 0 aliphatic rings. The molecule has 180 valence electrons. The van der Waals surface area contributed by atoms with Gasteiger partial charge in [0, 0.05) is 37.7 Å². The number of hydrogen-bond acceptors (Lipinski definition) is 4. The average molecular weight is 478 g/mol. The minimum absolute atomic E-state index is 0.0527. The molecule has 2 heterocycles. The normalized spacial score (nSPS) is 10.9. The van der Waals surface area contributed by atoms with Crippen molar-refractivity contribution in [2.24, 2.45) is 0 Å². The summed E-state index contributed by atoms with van der Waals surface area (Å²) in [5.74, 6) is -1.64. The lowest BCUT2D eigenvalue weighted by molar-refractivity contribution is 0.0945. The van der Waals surface area contributed by atoms with E-state index in [1.807, 2.05) is 30.3 Å². The number of nitrogens with zero attached hydrogens (tertiary/aromatic N) is 3. The first-order valence-electron chi connectivity index (χ1n) is 10.9. The smallest absolute Gasteiger partial charge is 0.255 e. The van der Waals surface area contributed by atoms with Crippen LogP contribution >= 0.6 is 0 Å². The number of amides is 1. The van der Waals surface area contributed by atoms with E-state index < -0.39 is 17.5 Å². The molecule has 0 radical (unpaired) electrons. The highest BCUT2D eigenvalue weighted by atomic mass is 19.1. The minimum atomic E-state index is -0.597. The Morgan fingerprint density at radius 2 is 1.77 bits per heavy atom. The van der Waals surface area contributed by atoms with Crippen molar-refractivity contribution < 1.29 is 18.3 Å². The van der Waals surface area contributed by atoms with Crippen LogP contribution in [-0.4, -0.2) is 27.4 Å². The maximum atomic E-state index is 13.9. The van der Waals surface area contributed by atoms with Gasteiger partial charge in [-0.25, -0.2) is 8.78 Å². The topological polar surface area (TPSA) is 78.2 Å². The molecule has 0 atom stereocenters. The molecule has 4 rings (SSSR count). The van der Waals surface area contributed by atoms with Gasteiger partial charge < -0.3 is 14.6 Å². The van der Waals surface area contributed by atoms with E-state index in [1.54, 1.807) is 27.7 Å². The van der Waals surface area contributed by atoms with Gasteiger partial charge in [-0.05, 0) is 35.4 Å². The van der Waals surface area contributed by atoms with E-state index in [0.717, 1.165) is 29.3 Å². The number of carbonyl (C=O) groups is 1. The highest BCUT2D eigenvalue weighted by Gasteiger charge is 2.17. The van der Waals surface area contributed by atoms with Crippen LogP contribution in [0.15, 0.2) is 77.9 Å². The molecule has 0 spiro atoms. The number of nitrogens with one attached hydrogen (secondary N) is 1. The van der Waals surface area contributed by atoms with E-state index in [2.05, 4.69) is 10.4 Å². The summed E-state index contributed by atoms with van der Waals surface area (Å²) in [7, 11) is 1.50. The third-order valence-corrected chi connectivity index (χ3v) is 5.43. The maximum absolute atomic E-state index is 13.9. The van der Waals surface area contributed by atoms with Crippen LogP contribution in [0.4, 0.5) is 8.78 Å². The summed E-state index contributed by atoms with van der Waals surface area (Å²) < 4.78 is 35.7. The molecule has 9 heteroatoms. The summed E-state index contributed by atoms with van der Waals surface area (Å²) in [6.45, 7) is 0.838. The van der Waals surface area contributed by atoms with Crippen molar-refractivity contribution in [2.75, 3.05) is 7.11 Å². The van der Waals surface area contributed by atoms with E-state index in [0.29, 0.717) is 24.3 Å². The number of carbonyl (C=O) groups excluding carboxylic acids is 1. The van der Waals surface area contributed by atoms with Gasteiger partial charge >= 0.3 is 0 Å². The highest BCUT2D eigenvalue weighted by molar-refractivity contribution is 5.95. The van der Waals surface area contributed by atoms with Gasteiger partial charge in [0.2, 0.25) is 0 Å². The van der Waals surface area contributed by atoms with Crippen molar-refractivity contribution in [3.63, 3.8) is 0 Å². The summed E-state index contributed by atoms with van der Waals surface area (Å²) in [5.41, 5.74) is 2.65. The molecule has 1 amide bonds. The quantitative estimate of drug-likeness (QED) is 0.400. The van der Waals surface area contributed by atoms with Gasteiger partial charge in [0.05, 0.1) is 25.3 Å². The van der Waals surface area contributed by atoms with Crippen molar-refractivity contribution in [1.29, 1.82) is 0 Å². The molecule has 0 fully saturated rings. The molecule has 7 nitrogen and oxygen atoms in total. The fourth-order valence-electron chi connectivity index (χ4n) is 3.65. The minimum Gasteiger partial charge on any atom is -0.378 e. The molecule has 1 N–H and O–H groups in total. The lowest BCUT2D eigenvalue weighted by Gasteiger charge is -2.07. The fraction of sp³-hybridized carbons (Fsp3) is 0.192. The Morgan fingerprint density at radius 1 is 1.03 bits per heavy atom. The maximum Gasteiger partial charge on any atom is 0.255 e. The van der Waals surface area contributed by atoms with E-state index in [-0.39, 0.29) is 24.3 Å². The molecule has 0 aliphatic carbocycles. The molecule has 4 aromatic rings. The third-order valence-electron chi connectivity index (χ3n) is 5.43. The summed E-state index contributed by atoms with van der Waals surface area (Å²) in [6.07, 6.45) is 3.34. The predicted molar refractivity (Wildman–Crippen MR) is 126 cm³/mol. The first-order chi connectivity index (χ1) is 16.9. The monoisotopic (exact) mass is 478 g/mol. The summed E-state index contributed by atoms with van der Waals surface area (Å²) in [5, 5.41) is 7.07. The number of halogens is 2. The van der Waals surface area contributed by atoms with Gasteiger partial charge in [-0.1, -0.05) is 30.3 Å². The van der Waals surface area contributed by atoms with Gasteiger partial charge in [0.15, 0.2) is 0 Å². The number of hydrogen-bond donors (Lipinski definition) is 1. The van der Waals surface area contributed by atoms with E-state index in [4.69, 9.17) is 4.74 Å². The molecule has 0 bridgehead atoms. The van der Waals surface area contributed by atoms with Crippen LogP contribution in [0, 0.1) is 11.6 Å². The zero-order valence-corrected chi connectivity index (χ0v) is 19.1. The zero-order valence-electron chi connectivity index (χ0n) is 19.1. The van der Waals surface area contributed by atoms with Gasteiger partial charge in [0.25, 0.3) is 11.5 Å². The van der Waals surface area contributed by atoms with Crippen molar-refractivity contribution in [3.05, 3.63) is 123 Å². The molecule has 0 saturated heterocycles. The largest absolute Gasteiger partial charge is 0.378 e. The lowest BCUT2D eigenvalue weighted by Crippen LogP contribution is -2.24. The highest BCUT2D eigenvalue weighted by Crippen LogP contribution is 2.14. The van der Waals surface area contributed by atoms with Crippen molar-refractivity contribution in [1.82, 2.24) is 19.7 Å². The summed E-state index contributed by atoms with van der Waals surface area (Å²) >= 11 is 0. The lowest BCUT2D eigenvalue weighted by atomic mass is 10.1. The van der Waals surface area contributed by atoms with Gasteiger partial charge in [-0.3, -0.25) is 14.3 Å². The van der Waals surface area contributed by atoms with Crippen molar-refractivity contribution in [2.45, 2.75) is 26.2 Å². The van der Waals surface area contributed by atoms with Crippen molar-refractivity contribution in [3.8, 4) is 0 Å². The van der Waals surface area contributed by atoms with Crippen LogP contribution < -0.4 is 10.9 Å². The van der Waals surface area contributed by atoms with E-state index in [1.165, 1.54) is 13.2 Å². The number of aromatic nitrogens is 3. The fourth-order valence-corrected chi connectivity index (χ4v) is 3.65. The first kappa shape index (κ1) is 24.0. The van der Waals surface area contributed by atoms with Crippen molar-refractivity contribution >= 4 is 5.91 Å². The molecule has 2 aromatic carbocycles. The Morgan fingerprint density at radius 3 is 2.49 bits per heavy atom. The molecule has 0 saturated carbocycles. The first-order valence-corrected chi connectivity index (χ1v) is 10.9. The molecule has 0 unspecified atom stereocenters. The number of pyridine rings is 1. The second kappa shape index (κ2) is 10.9. The van der Waals surface area contributed by atoms with E-state index >= 15 is 0 Å². The number of ether oxygens (including phenoxy) is 1. The summed E-state index contributed by atoms with van der Waals surface area (Å²) in [4.78, 5) is 24.7. The predicted octanol–water partition coefficient (Wildman–Crippen LogP) is 3.50. The van der Waals surface area contributed by atoms with Crippen LogP contribution in [0.5, 0.6) is 0 Å². The molecular weight excluding hydrogens is 454 g/mol. The van der Waals surface area contributed by atoms with Crippen LogP contribution in [0.3, 0.4) is 0 Å². The van der Waals surface area contributed by atoms with Crippen LogP contribution in [0.25, 0.3) is 0 Å². The molecular formula is C26H24F2N4O3. The Labute approximate surface area is 200 Å². The number of rotatable bonds is 9. The zero-order chi connectivity index (χ0) is 24.8. The number of benzene rings is 2. The molecule has 2 aromatic heterocycles. The van der Waals surface area contributed by atoms with Crippen LogP contribution in [-0.2, 0) is 31.0 Å². The van der Waals surface area contributed by atoms with Crippen LogP contribution in [0.1, 0.15) is 32.7 Å². The summed E-state index contributed by atoms with van der Waals surface area (Å²) in [6, 6.07) is 15.9.